The Labute approximate surface area is 99.2 Å². The van der Waals surface area contributed by atoms with Gasteiger partial charge in [-0.2, -0.15) is 0 Å². The van der Waals surface area contributed by atoms with E-state index in [1.54, 1.807) is 12.1 Å². The first-order valence-corrected chi connectivity index (χ1v) is 5.47. The molecule has 2 rings (SSSR count). The van der Waals surface area contributed by atoms with Crippen molar-refractivity contribution < 1.29 is 24.8 Å². The minimum Gasteiger partial charge on any atom is -0.462 e. The fourth-order valence-corrected chi connectivity index (χ4v) is 1.63. The van der Waals surface area contributed by atoms with Crippen LogP contribution in [0.25, 0.3) is 0 Å². The topological polar surface area (TPSA) is 79.2 Å². The number of aliphatic hydroxyl groups is 3. The van der Waals surface area contributed by atoms with Crippen LogP contribution in [0.5, 0.6) is 5.75 Å². The van der Waals surface area contributed by atoms with Gasteiger partial charge in [0.15, 0.2) is 0 Å². The molecular weight excluding hydrogens is 224 g/mol. The van der Waals surface area contributed by atoms with Gasteiger partial charge in [0.25, 0.3) is 0 Å². The van der Waals surface area contributed by atoms with Gasteiger partial charge in [0.2, 0.25) is 6.29 Å². The second-order valence-electron chi connectivity index (χ2n) is 4.18. The Balaban J connectivity index is 2.01. The standard InChI is InChI=1S/C12H16O5/c1-7-2-4-8(5-3-7)17-12-11(15)10(14)9(13)6-16-12/h2-5,9-15H,6H2,1H3/t9-,10+,11-,12+/m1/s1. The second kappa shape index (κ2) is 5.01. The van der Waals surface area contributed by atoms with E-state index in [-0.39, 0.29) is 6.61 Å². The molecule has 0 bridgehead atoms. The van der Waals surface area contributed by atoms with Crippen LogP contribution in [0.4, 0.5) is 0 Å². The molecule has 5 nitrogen and oxygen atoms in total. The van der Waals surface area contributed by atoms with Crippen molar-refractivity contribution in [3.05, 3.63) is 29.8 Å². The van der Waals surface area contributed by atoms with E-state index >= 15 is 0 Å². The van der Waals surface area contributed by atoms with E-state index in [4.69, 9.17) is 9.47 Å². The zero-order chi connectivity index (χ0) is 12.4. The molecule has 1 aromatic carbocycles. The van der Waals surface area contributed by atoms with Crippen LogP contribution in [-0.2, 0) is 4.74 Å². The zero-order valence-corrected chi connectivity index (χ0v) is 9.48. The monoisotopic (exact) mass is 240 g/mol. The van der Waals surface area contributed by atoms with E-state index in [9.17, 15) is 15.3 Å². The highest BCUT2D eigenvalue weighted by Gasteiger charge is 2.38. The largest absolute Gasteiger partial charge is 0.462 e. The molecule has 1 aromatic rings. The molecule has 1 aliphatic rings. The number of aryl methyl sites for hydroxylation is 1. The van der Waals surface area contributed by atoms with E-state index in [1.165, 1.54) is 0 Å². The van der Waals surface area contributed by atoms with Crippen molar-refractivity contribution in [2.24, 2.45) is 0 Å². The normalized spacial score (nSPS) is 33.4. The third-order valence-electron chi connectivity index (χ3n) is 2.73. The third-order valence-corrected chi connectivity index (χ3v) is 2.73. The fourth-order valence-electron chi connectivity index (χ4n) is 1.63. The van der Waals surface area contributed by atoms with Gasteiger partial charge >= 0.3 is 0 Å². The smallest absolute Gasteiger partial charge is 0.228 e. The predicted octanol–water partition coefficient (Wildman–Crippen LogP) is -0.187. The lowest BCUT2D eigenvalue weighted by atomic mass is 10.1. The molecule has 94 valence electrons. The summed E-state index contributed by atoms with van der Waals surface area (Å²) in [5.74, 6) is 0.545. The molecule has 0 aliphatic carbocycles. The lowest BCUT2D eigenvalue weighted by molar-refractivity contribution is -0.242. The van der Waals surface area contributed by atoms with E-state index in [0.717, 1.165) is 5.56 Å². The van der Waals surface area contributed by atoms with Crippen LogP contribution in [0.1, 0.15) is 5.56 Å². The van der Waals surface area contributed by atoms with Gasteiger partial charge in [0.05, 0.1) is 6.61 Å². The molecule has 3 N–H and O–H groups in total. The van der Waals surface area contributed by atoms with Crippen LogP contribution in [0.3, 0.4) is 0 Å². The Morgan fingerprint density at radius 1 is 1.12 bits per heavy atom. The van der Waals surface area contributed by atoms with Crippen molar-refractivity contribution >= 4 is 0 Å². The van der Waals surface area contributed by atoms with Crippen LogP contribution < -0.4 is 4.74 Å². The third kappa shape index (κ3) is 2.76. The molecule has 4 atom stereocenters. The molecule has 17 heavy (non-hydrogen) atoms. The van der Waals surface area contributed by atoms with E-state index < -0.39 is 24.6 Å². The number of hydrogen-bond donors (Lipinski definition) is 3. The highest BCUT2D eigenvalue weighted by atomic mass is 16.7. The number of aliphatic hydroxyl groups excluding tert-OH is 3. The quantitative estimate of drug-likeness (QED) is 0.668. The molecule has 0 saturated carbocycles. The highest BCUT2D eigenvalue weighted by molar-refractivity contribution is 5.26. The van der Waals surface area contributed by atoms with Gasteiger partial charge < -0.3 is 24.8 Å². The Morgan fingerprint density at radius 2 is 1.76 bits per heavy atom. The Bertz CT molecular complexity index is 364. The first kappa shape index (κ1) is 12.3. The summed E-state index contributed by atoms with van der Waals surface area (Å²) < 4.78 is 10.5. The van der Waals surface area contributed by atoms with Gasteiger partial charge in [0, 0.05) is 0 Å². The maximum Gasteiger partial charge on any atom is 0.228 e. The second-order valence-corrected chi connectivity index (χ2v) is 4.18. The van der Waals surface area contributed by atoms with Gasteiger partial charge in [-0.15, -0.1) is 0 Å². The summed E-state index contributed by atoms with van der Waals surface area (Å²) in [5, 5.41) is 28.4. The minimum absolute atomic E-state index is 0.0608. The number of rotatable bonds is 2. The lowest BCUT2D eigenvalue weighted by Crippen LogP contribution is -2.54. The summed E-state index contributed by atoms with van der Waals surface area (Å²) in [6, 6.07) is 7.25. The van der Waals surface area contributed by atoms with Crippen LogP contribution in [0.2, 0.25) is 0 Å². The molecule has 0 unspecified atom stereocenters. The van der Waals surface area contributed by atoms with Crippen LogP contribution in [-0.4, -0.2) is 46.5 Å². The summed E-state index contributed by atoms with van der Waals surface area (Å²) in [6.07, 6.45) is -4.56. The number of ether oxygens (including phenoxy) is 2. The van der Waals surface area contributed by atoms with E-state index in [2.05, 4.69) is 0 Å². The van der Waals surface area contributed by atoms with Crippen molar-refractivity contribution in [1.29, 1.82) is 0 Å². The average Bonchev–Trinajstić information content (AvgIpc) is 2.33. The molecule has 0 radical (unpaired) electrons. The molecular formula is C12H16O5. The van der Waals surface area contributed by atoms with Crippen molar-refractivity contribution in [1.82, 2.24) is 0 Å². The van der Waals surface area contributed by atoms with Crippen LogP contribution in [0.15, 0.2) is 24.3 Å². The lowest BCUT2D eigenvalue weighted by Gasteiger charge is -2.34. The Morgan fingerprint density at radius 3 is 2.41 bits per heavy atom. The van der Waals surface area contributed by atoms with Gasteiger partial charge in [-0.3, -0.25) is 0 Å². The molecule has 0 spiro atoms. The molecule has 1 aliphatic heterocycles. The molecule has 0 aromatic heterocycles. The molecule has 1 fully saturated rings. The maximum atomic E-state index is 9.66. The number of benzene rings is 1. The minimum atomic E-state index is -1.26. The number of hydrogen-bond acceptors (Lipinski definition) is 5. The van der Waals surface area contributed by atoms with Gasteiger partial charge in [-0.05, 0) is 19.1 Å². The summed E-state index contributed by atoms with van der Waals surface area (Å²) >= 11 is 0. The Hall–Kier alpha value is -1.14. The van der Waals surface area contributed by atoms with Crippen molar-refractivity contribution in [3.8, 4) is 5.75 Å². The van der Waals surface area contributed by atoms with E-state index in [0.29, 0.717) is 5.75 Å². The molecule has 1 saturated heterocycles. The summed E-state index contributed by atoms with van der Waals surface area (Å²) in [5.41, 5.74) is 1.10. The molecule has 0 amide bonds. The maximum absolute atomic E-state index is 9.66. The average molecular weight is 240 g/mol. The summed E-state index contributed by atoms with van der Waals surface area (Å²) in [6.45, 7) is 1.89. The van der Waals surface area contributed by atoms with E-state index in [1.807, 2.05) is 19.1 Å². The van der Waals surface area contributed by atoms with Gasteiger partial charge in [0.1, 0.15) is 24.1 Å². The van der Waals surface area contributed by atoms with Gasteiger partial charge in [-0.1, -0.05) is 17.7 Å². The van der Waals surface area contributed by atoms with Crippen molar-refractivity contribution in [2.45, 2.75) is 31.5 Å². The molecule has 1 heterocycles. The van der Waals surface area contributed by atoms with Crippen LogP contribution >= 0.6 is 0 Å². The van der Waals surface area contributed by atoms with Crippen LogP contribution in [0, 0.1) is 6.92 Å². The highest BCUT2D eigenvalue weighted by Crippen LogP contribution is 2.20. The predicted molar refractivity (Wildman–Crippen MR) is 59.6 cm³/mol. The first-order chi connectivity index (χ1) is 8.08. The summed E-state index contributed by atoms with van der Waals surface area (Å²) in [4.78, 5) is 0. The first-order valence-electron chi connectivity index (χ1n) is 5.47. The van der Waals surface area contributed by atoms with Gasteiger partial charge in [-0.25, -0.2) is 0 Å². The van der Waals surface area contributed by atoms with Crippen molar-refractivity contribution in [2.75, 3.05) is 6.61 Å². The molecule has 5 heteroatoms. The summed E-state index contributed by atoms with van der Waals surface area (Å²) in [7, 11) is 0. The fraction of sp³-hybridized carbons (Fsp3) is 0.500. The SMILES string of the molecule is Cc1ccc(O[C@@H]2OC[C@@H](O)[C@H](O)[C@H]2O)cc1. The van der Waals surface area contributed by atoms with Crippen molar-refractivity contribution in [3.63, 3.8) is 0 Å². The zero-order valence-electron chi connectivity index (χ0n) is 9.48. The Kier molecular flexibility index (Phi) is 3.63.